The van der Waals surface area contributed by atoms with Gasteiger partial charge in [0.25, 0.3) is 0 Å². The topological polar surface area (TPSA) is 84.3 Å². The second-order valence-electron chi connectivity index (χ2n) is 3.82. The summed E-state index contributed by atoms with van der Waals surface area (Å²) in [5.74, 6) is 0.202. The molecule has 0 amide bonds. The van der Waals surface area contributed by atoms with Crippen molar-refractivity contribution in [2.75, 3.05) is 16.8 Å². The van der Waals surface area contributed by atoms with Gasteiger partial charge in [-0.3, -0.25) is 0 Å². The molecule has 4 heteroatoms. The number of nitrogens with two attached hydrogens (primary N) is 2. The van der Waals surface area contributed by atoms with Gasteiger partial charge in [0.05, 0.1) is 0 Å². The zero-order chi connectivity index (χ0) is 12.3. The smallest absolute Gasteiger partial charge is 0.122 e. The standard InChI is InChI=1S/C13H15N3O/c14-9-4-6-10(7-5-9)16-8-11-12(15)2-1-3-13(11)17/h1-7,16-17H,8,14-15H2. The maximum atomic E-state index is 9.67. The molecule has 88 valence electrons. The summed E-state index contributed by atoms with van der Waals surface area (Å²) in [6.07, 6.45) is 0. The molecule has 2 aromatic rings. The Morgan fingerprint density at radius 1 is 1.00 bits per heavy atom. The van der Waals surface area contributed by atoms with E-state index >= 15 is 0 Å². The van der Waals surface area contributed by atoms with Crippen LogP contribution >= 0.6 is 0 Å². The molecular weight excluding hydrogens is 214 g/mol. The van der Waals surface area contributed by atoms with Crippen LogP contribution in [0.5, 0.6) is 5.75 Å². The van der Waals surface area contributed by atoms with Gasteiger partial charge in [0.2, 0.25) is 0 Å². The third kappa shape index (κ3) is 2.60. The monoisotopic (exact) mass is 229 g/mol. The molecule has 17 heavy (non-hydrogen) atoms. The molecule has 0 radical (unpaired) electrons. The lowest BCUT2D eigenvalue weighted by atomic mass is 10.1. The molecule has 0 atom stereocenters. The summed E-state index contributed by atoms with van der Waals surface area (Å²) >= 11 is 0. The molecule has 0 aliphatic carbocycles. The Balaban J connectivity index is 2.10. The third-order valence-electron chi connectivity index (χ3n) is 2.57. The van der Waals surface area contributed by atoms with Crippen LogP contribution in [-0.4, -0.2) is 5.11 Å². The van der Waals surface area contributed by atoms with E-state index in [1.807, 2.05) is 24.3 Å². The minimum atomic E-state index is 0.202. The second-order valence-corrected chi connectivity index (χ2v) is 3.82. The normalized spacial score (nSPS) is 10.1. The Hall–Kier alpha value is -2.36. The summed E-state index contributed by atoms with van der Waals surface area (Å²) in [5.41, 5.74) is 14.3. The number of hydrogen-bond acceptors (Lipinski definition) is 4. The SMILES string of the molecule is Nc1ccc(NCc2c(N)cccc2O)cc1. The number of anilines is 3. The molecular formula is C13H15N3O. The van der Waals surface area contributed by atoms with Crippen LogP contribution in [0.2, 0.25) is 0 Å². The summed E-state index contributed by atoms with van der Waals surface area (Å²) in [6, 6.07) is 12.5. The molecule has 2 aromatic carbocycles. The first-order chi connectivity index (χ1) is 8.16. The number of benzene rings is 2. The second kappa shape index (κ2) is 4.65. The van der Waals surface area contributed by atoms with Gasteiger partial charge in [-0.25, -0.2) is 0 Å². The van der Waals surface area contributed by atoms with E-state index in [9.17, 15) is 5.11 Å². The van der Waals surface area contributed by atoms with E-state index in [0.29, 0.717) is 17.8 Å². The average Bonchev–Trinajstić information content (AvgIpc) is 2.31. The van der Waals surface area contributed by atoms with Crippen molar-refractivity contribution in [1.29, 1.82) is 0 Å². The lowest BCUT2D eigenvalue weighted by Crippen LogP contribution is -2.03. The Morgan fingerprint density at radius 2 is 1.71 bits per heavy atom. The predicted octanol–water partition coefficient (Wildman–Crippen LogP) is 2.17. The molecule has 6 N–H and O–H groups in total. The Bertz CT molecular complexity index is 488. The fraction of sp³-hybridized carbons (Fsp3) is 0.0769. The van der Waals surface area contributed by atoms with Crippen LogP contribution in [0, 0.1) is 0 Å². The lowest BCUT2D eigenvalue weighted by molar-refractivity contribution is 0.469. The minimum absolute atomic E-state index is 0.202. The first-order valence-electron chi connectivity index (χ1n) is 5.32. The van der Waals surface area contributed by atoms with E-state index in [4.69, 9.17) is 11.5 Å². The molecule has 0 aliphatic heterocycles. The van der Waals surface area contributed by atoms with Crippen molar-refractivity contribution in [3.63, 3.8) is 0 Å². The number of nitrogen functional groups attached to an aromatic ring is 2. The lowest BCUT2D eigenvalue weighted by Gasteiger charge is -2.10. The maximum Gasteiger partial charge on any atom is 0.122 e. The van der Waals surface area contributed by atoms with Crippen molar-refractivity contribution in [1.82, 2.24) is 0 Å². The van der Waals surface area contributed by atoms with Crippen LogP contribution in [0.3, 0.4) is 0 Å². The van der Waals surface area contributed by atoms with Crippen molar-refractivity contribution < 1.29 is 5.11 Å². The Kier molecular flexibility index (Phi) is 3.05. The average molecular weight is 229 g/mol. The van der Waals surface area contributed by atoms with E-state index in [0.717, 1.165) is 11.4 Å². The van der Waals surface area contributed by atoms with Gasteiger partial charge >= 0.3 is 0 Å². The molecule has 0 aromatic heterocycles. The van der Waals surface area contributed by atoms with Crippen LogP contribution in [0.4, 0.5) is 17.1 Å². The number of hydrogen-bond donors (Lipinski definition) is 4. The van der Waals surface area contributed by atoms with Crippen molar-refractivity contribution in [2.45, 2.75) is 6.54 Å². The van der Waals surface area contributed by atoms with Crippen molar-refractivity contribution >= 4 is 17.1 Å². The van der Waals surface area contributed by atoms with Crippen molar-refractivity contribution in [3.8, 4) is 5.75 Å². The number of nitrogens with one attached hydrogen (secondary N) is 1. The number of rotatable bonds is 3. The molecule has 0 saturated carbocycles. The van der Waals surface area contributed by atoms with Gasteiger partial charge in [-0.1, -0.05) is 6.07 Å². The van der Waals surface area contributed by atoms with Crippen LogP contribution in [-0.2, 0) is 6.54 Å². The van der Waals surface area contributed by atoms with E-state index in [1.54, 1.807) is 18.2 Å². The summed E-state index contributed by atoms with van der Waals surface area (Å²) in [5, 5.41) is 12.8. The quantitative estimate of drug-likeness (QED) is 0.608. The molecule has 2 rings (SSSR count). The summed E-state index contributed by atoms with van der Waals surface area (Å²) in [4.78, 5) is 0. The van der Waals surface area contributed by atoms with Crippen molar-refractivity contribution in [3.05, 3.63) is 48.0 Å². The fourth-order valence-corrected chi connectivity index (χ4v) is 1.58. The molecule has 0 fully saturated rings. The minimum Gasteiger partial charge on any atom is -0.508 e. The van der Waals surface area contributed by atoms with Crippen LogP contribution in [0.25, 0.3) is 0 Å². The summed E-state index contributed by atoms with van der Waals surface area (Å²) in [7, 11) is 0. The molecule has 0 spiro atoms. The predicted molar refractivity (Wildman–Crippen MR) is 70.7 cm³/mol. The molecule has 0 unspecified atom stereocenters. The van der Waals surface area contributed by atoms with Gasteiger partial charge in [0.15, 0.2) is 0 Å². The molecule has 0 aliphatic rings. The van der Waals surface area contributed by atoms with Gasteiger partial charge in [-0.15, -0.1) is 0 Å². The largest absolute Gasteiger partial charge is 0.508 e. The summed E-state index contributed by atoms with van der Waals surface area (Å²) < 4.78 is 0. The fourth-order valence-electron chi connectivity index (χ4n) is 1.58. The molecule has 0 heterocycles. The maximum absolute atomic E-state index is 9.67. The van der Waals surface area contributed by atoms with Crippen molar-refractivity contribution in [2.24, 2.45) is 0 Å². The highest BCUT2D eigenvalue weighted by Crippen LogP contribution is 2.24. The summed E-state index contributed by atoms with van der Waals surface area (Å²) in [6.45, 7) is 0.475. The van der Waals surface area contributed by atoms with E-state index in [1.165, 1.54) is 0 Å². The van der Waals surface area contributed by atoms with Gasteiger partial charge < -0.3 is 21.9 Å². The first kappa shape index (κ1) is 11.1. The zero-order valence-corrected chi connectivity index (χ0v) is 9.35. The Morgan fingerprint density at radius 3 is 2.35 bits per heavy atom. The third-order valence-corrected chi connectivity index (χ3v) is 2.57. The Labute approximate surface area is 99.9 Å². The van der Waals surface area contributed by atoms with Gasteiger partial charge in [-0.05, 0) is 36.4 Å². The highest BCUT2D eigenvalue weighted by atomic mass is 16.3. The van der Waals surface area contributed by atoms with Gasteiger partial charge in [0.1, 0.15) is 5.75 Å². The van der Waals surface area contributed by atoms with Crippen LogP contribution < -0.4 is 16.8 Å². The van der Waals surface area contributed by atoms with Gasteiger partial charge in [0, 0.05) is 29.2 Å². The van der Waals surface area contributed by atoms with Crippen LogP contribution in [0.15, 0.2) is 42.5 Å². The highest BCUT2D eigenvalue weighted by molar-refractivity contribution is 5.57. The number of phenolic OH excluding ortho intramolecular Hbond substituents is 1. The number of aromatic hydroxyl groups is 1. The molecule has 0 saturated heterocycles. The van der Waals surface area contributed by atoms with E-state index < -0.39 is 0 Å². The molecule has 4 nitrogen and oxygen atoms in total. The van der Waals surface area contributed by atoms with Crippen LogP contribution in [0.1, 0.15) is 5.56 Å². The van der Waals surface area contributed by atoms with E-state index in [2.05, 4.69) is 5.32 Å². The van der Waals surface area contributed by atoms with Gasteiger partial charge in [-0.2, -0.15) is 0 Å². The first-order valence-corrected chi connectivity index (χ1v) is 5.32. The number of phenols is 1. The van der Waals surface area contributed by atoms with E-state index in [-0.39, 0.29) is 5.75 Å². The molecule has 0 bridgehead atoms. The highest BCUT2D eigenvalue weighted by Gasteiger charge is 2.04. The zero-order valence-electron chi connectivity index (χ0n) is 9.35.